The van der Waals surface area contributed by atoms with Crippen LogP contribution in [-0.4, -0.2) is 19.8 Å². The molecule has 5 heteroatoms. The monoisotopic (exact) mass is 334 g/mol. The topological polar surface area (TPSA) is 35.1 Å². The second kappa shape index (κ2) is 7.18. The van der Waals surface area contributed by atoms with Crippen molar-refractivity contribution in [2.24, 2.45) is 0 Å². The van der Waals surface area contributed by atoms with Gasteiger partial charge in [0.2, 0.25) is 0 Å². The van der Waals surface area contributed by atoms with Crippen LogP contribution in [0.1, 0.15) is 36.6 Å². The summed E-state index contributed by atoms with van der Waals surface area (Å²) in [5.41, 5.74) is 2.42. The first kappa shape index (κ1) is 16.7. The van der Waals surface area contributed by atoms with Gasteiger partial charge in [0.05, 0.1) is 25.3 Å². The molecule has 0 unspecified atom stereocenters. The molecule has 2 aromatic rings. The second-order valence-corrected chi connectivity index (χ2v) is 5.76. The molecule has 0 radical (unpaired) electrons. The van der Waals surface area contributed by atoms with Gasteiger partial charge in [0, 0.05) is 12.0 Å². The fraction of sp³-hybridized carbons (Fsp3) is 0.368. The Labute approximate surface area is 140 Å². The minimum Gasteiger partial charge on any atom is -0.490 e. The lowest BCUT2D eigenvalue weighted by molar-refractivity contribution is -0.690. The average Bonchev–Trinajstić information content (AvgIpc) is 2.58. The molecule has 0 aliphatic carbocycles. The van der Waals surface area contributed by atoms with Crippen LogP contribution in [0.25, 0.3) is 0 Å². The molecule has 2 N–H and O–H groups in total. The molecule has 0 aromatic heterocycles. The highest BCUT2D eigenvalue weighted by atomic mass is 19.2. The number of halogens is 2. The van der Waals surface area contributed by atoms with Gasteiger partial charge in [-0.15, -0.1) is 0 Å². The van der Waals surface area contributed by atoms with Crippen molar-refractivity contribution in [1.82, 2.24) is 0 Å². The number of hydrogen-bond donors (Lipinski definition) is 1. The van der Waals surface area contributed by atoms with Gasteiger partial charge in [0.15, 0.2) is 23.1 Å². The van der Waals surface area contributed by atoms with Crippen LogP contribution in [0, 0.1) is 11.6 Å². The predicted molar refractivity (Wildman–Crippen MR) is 87.5 cm³/mol. The fourth-order valence-corrected chi connectivity index (χ4v) is 3.25. The Morgan fingerprint density at radius 2 is 1.75 bits per heavy atom. The minimum atomic E-state index is -0.816. The molecule has 2 aromatic carbocycles. The molecule has 1 aliphatic heterocycles. The van der Waals surface area contributed by atoms with Crippen molar-refractivity contribution in [3.63, 3.8) is 0 Å². The molecule has 0 saturated carbocycles. The molecular weight excluding hydrogens is 312 g/mol. The average molecular weight is 334 g/mol. The number of benzene rings is 2. The van der Waals surface area contributed by atoms with Gasteiger partial charge in [-0.25, -0.2) is 8.78 Å². The fourth-order valence-electron chi connectivity index (χ4n) is 3.25. The zero-order chi connectivity index (χ0) is 17.1. The Morgan fingerprint density at radius 1 is 1.04 bits per heavy atom. The summed E-state index contributed by atoms with van der Waals surface area (Å²) in [5.74, 6) is -0.240. The summed E-state index contributed by atoms with van der Waals surface area (Å²) in [6, 6.07) is 7.95. The largest absolute Gasteiger partial charge is 0.490 e. The van der Waals surface area contributed by atoms with Gasteiger partial charge in [-0.3, -0.25) is 0 Å². The van der Waals surface area contributed by atoms with Crippen molar-refractivity contribution in [2.45, 2.75) is 26.3 Å². The molecule has 0 saturated heterocycles. The van der Waals surface area contributed by atoms with Gasteiger partial charge in [-0.1, -0.05) is 6.07 Å². The Hall–Kier alpha value is -2.14. The maximum atomic E-state index is 14.3. The van der Waals surface area contributed by atoms with Crippen LogP contribution in [0.3, 0.4) is 0 Å². The van der Waals surface area contributed by atoms with Gasteiger partial charge < -0.3 is 14.8 Å². The molecule has 0 spiro atoms. The maximum absolute atomic E-state index is 14.3. The highest BCUT2D eigenvalue weighted by Gasteiger charge is 2.30. The lowest BCUT2D eigenvalue weighted by Gasteiger charge is -2.26. The molecule has 0 bridgehead atoms. The van der Waals surface area contributed by atoms with Gasteiger partial charge in [-0.05, 0) is 43.7 Å². The molecule has 0 fully saturated rings. The van der Waals surface area contributed by atoms with Crippen molar-refractivity contribution in [2.75, 3.05) is 19.8 Å². The molecule has 1 atom stereocenters. The number of rotatable bonds is 5. The van der Waals surface area contributed by atoms with E-state index in [1.807, 2.05) is 31.3 Å². The first-order chi connectivity index (χ1) is 11.7. The van der Waals surface area contributed by atoms with Crippen LogP contribution in [0.5, 0.6) is 11.5 Å². The molecular formula is C19H22F2NO2+. The van der Waals surface area contributed by atoms with E-state index in [1.54, 1.807) is 12.1 Å². The van der Waals surface area contributed by atoms with E-state index in [1.165, 1.54) is 0 Å². The zero-order valence-corrected chi connectivity index (χ0v) is 13.9. The zero-order valence-electron chi connectivity index (χ0n) is 13.9. The predicted octanol–water partition coefficient (Wildman–Crippen LogP) is 2.97. The van der Waals surface area contributed by atoms with E-state index >= 15 is 0 Å². The van der Waals surface area contributed by atoms with Crippen LogP contribution < -0.4 is 14.8 Å². The third kappa shape index (κ3) is 3.08. The van der Waals surface area contributed by atoms with E-state index in [0.717, 1.165) is 30.2 Å². The first-order valence-corrected chi connectivity index (χ1v) is 8.35. The molecule has 1 aliphatic rings. The van der Waals surface area contributed by atoms with Gasteiger partial charge in [0.25, 0.3) is 0 Å². The van der Waals surface area contributed by atoms with Gasteiger partial charge in [0.1, 0.15) is 6.04 Å². The molecule has 0 amide bonds. The lowest BCUT2D eigenvalue weighted by atomic mass is 9.89. The number of quaternary nitrogens is 1. The SMILES string of the molecule is CCOc1cc2c(cc1OCC)[C@@H](c1cccc(F)c1F)[NH2+]CC2. The smallest absolute Gasteiger partial charge is 0.168 e. The van der Waals surface area contributed by atoms with Crippen molar-refractivity contribution < 1.29 is 23.6 Å². The summed E-state index contributed by atoms with van der Waals surface area (Å²) < 4.78 is 39.3. The number of nitrogens with two attached hydrogens (primary N) is 1. The summed E-state index contributed by atoms with van der Waals surface area (Å²) in [6.07, 6.45) is 0.856. The van der Waals surface area contributed by atoms with Crippen molar-refractivity contribution in [3.05, 3.63) is 58.7 Å². The Kier molecular flexibility index (Phi) is 5.00. The lowest BCUT2D eigenvalue weighted by Crippen LogP contribution is -2.87. The number of ether oxygens (including phenoxy) is 2. The van der Waals surface area contributed by atoms with E-state index in [0.29, 0.717) is 30.3 Å². The standard InChI is InChI=1S/C19H21F2NO2/c1-3-23-16-10-12-8-9-22-19(14(12)11-17(16)24-4-2)13-6-5-7-15(20)18(13)21/h5-7,10-11,19,22H,3-4,8-9H2,1-2H3/p+1/t19-/m1/s1. The van der Waals surface area contributed by atoms with Crippen LogP contribution in [0.2, 0.25) is 0 Å². The van der Waals surface area contributed by atoms with Gasteiger partial charge >= 0.3 is 0 Å². The number of hydrogen-bond acceptors (Lipinski definition) is 2. The third-order valence-corrected chi connectivity index (χ3v) is 4.27. The maximum Gasteiger partial charge on any atom is 0.168 e. The van der Waals surface area contributed by atoms with E-state index in [-0.39, 0.29) is 6.04 Å². The molecule has 24 heavy (non-hydrogen) atoms. The summed E-state index contributed by atoms with van der Waals surface area (Å²) in [6.45, 7) is 5.71. The van der Waals surface area contributed by atoms with Crippen LogP contribution in [-0.2, 0) is 6.42 Å². The minimum absolute atomic E-state index is 0.278. The molecule has 128 valence electrons. The van der Waals surface area contributed by atoms with E-state index in [4.69, 9.17) is 9.47 Å². The van der Waals surface area contributed by atoms with Crippen LogP contribution in [0.15, 0.2) is 30.3 Å². The summed E-state index contributed by atoms with van der Waals surface area (Å²) in [7, 11) is 0. The Bertz CT molecular complexity index is 734. The Morgan fingerprint density at radius 3 is 2.46 bits per heavy atom. The Balaban J connectivity index is 2.09. The number of fused-ring (bicyclic) bond motifs is 1. The second-order valence-electron chi connectivity index (χ2n) is 5.76. The highest BCUT2D eigenvalue weighted by Crippen LogP contribution is 2.36. The highest BCUT2D eigenvalue weighted by molar-refractivity contribution is 5.50. The van der Waals surface area contributed by atoms with Crippen LogP contribution >= 0.6 is 0 Å². The third-order valence-electron chi connectivity index (χ3n) is 4.27. The molecule has 3 rings (SSSR count). The quantitative estimate of drug-likeness (QED) is 0.912. The summed E-state index contributed by atoms with van der Waals surface area (Å²) >= 11 is 0. The van der Waals surface area contributed by atoms with E-state index in [2.05, 4.69) is 0 Å². The summed E-state index contributed by atoms with van der Waals surface area (Å²) in [5, 5.41) is 2.04. The van der Waals surface area contributed by atoms with E-state index in [9.17, 15) is 8.78 Å². The first-order valence-electron chi connectivity index (χ1n) is 8.35. The normalized spacial score (nSPS) is 16.6. The van der Waals surface area contributed by atoms with Crippen molar-refractivity contribution >= 4 is 0 Å². The molecule has 1 heterocycles. The van der Waals surface area contributed by atoms with Gasteiger partial charge in [-0.2, -0.15) is 0 Å². The van der Waals surface area contributed by atoms with Crippen molar-refractivity contribution in [3.8, 4) is 11.5 Å². The van der Waals surface area contributed by atoms with E-state index < -0.39 is 11.6 Å². The van der Waals surface area contributed by atoms with Crippen molar-refractivity contribution in [1.29, 1.82) is 0 Å². The summed E-state index contributed by atoms with van der Waals surface area (Å²) in [4.78, 5) is 0. The molecule has 3 nitrogen and oxygen atoms in total. The van der Waals surface area contributed by atoms with Crippen LogP contribution in [0.4, 0.5) is 8.78 Å².